The molecule has 74 valence electrons. The third-order valence-corrected chi connectivity index (χ3v) is 2.86. The van der Waals surface area contributed by atoms with Crippen LogP contribution in [0.4, 0.5) is 0 Å². The molecule has 1 aliphatic carbocycles. The fourth-order valence-corrected chi connectivity index (χ4v) is 2.01. The zero-order valence-corrected chi connectivity index (χ0v) is 8.02. The molecule has 0 radical (unpaired) electrons. The highest BCUT2D eigenvalue weighted by Gasteiger charge is 2.32. The fraction of sp³-hybridized carbons (Fsp3) is 0.417. The second kappa shape index (κ2) is 3.93. The first-order chi connectivity index (χ1) is 6.77. The molecule has 14 heavy (non-hydrogen) atoms. The molecule has 0 aliphatic heterocycles. The molecule has 1 N–H and O–H groups in total. The number of rotatable bonds is 2. The van der Waals surface area contributed by atoms with E-state index in [9.17, 15) is 9.90 Å². The van der Waals surface area contributed by atoms with Crippen molar-refractivity contribution in [1.82, 2.24) is 0 Å². The number of benzene rings is 1. The molecule has 2 rings (SSSR count). The van der Waals surface area contributed by atoms with Crippen molar-refractivity contribution in [1.29, 1.82) is 0 Å². The number of ketones is 1. The quantitative estimate of drug-likeness (QED) is 0.768. The van der Waals surface area contributed by atoms with Crippen LogP contribution in [0, 0.1) is 5.92 Å². The third kappa shape index (κ3) is 1.85. The Morgan fingerprint density at radius 1 is 1.29 bits per heavy atom. The van der Waals surface area contributed by atoms with Gasteiger partial charge < -0.3 is 5.11 Å². The maximum Gasteiger partial charge on any atom is 0.138 e. The SMILES string of the molecule is O=C1CCC(O)C1Cc1ccccc1. The molecule has 0 bridgehead atoms. The molecule has 2 atom stereocenters. The Labute approximate surface area is 83.6 Å². The smallest absolute Gasteiger partial charge is 0.138 e. The zero-order valence-electron chi connectivity index (χ0n) is 8.02. The summed E-state index contributed by atoms with van der Waals surface area (Å²) in [4.78, 5) is 11.4. The van der Waals surface area contributed by atoms with Gasteiger partial charge in [-0.15, -0.1) is 0 Å². The highest BCUT2D eigenvalue weighted by Crippen LogP contribution is 2.25. The van der Waals surface area contributed by atoms with Crippen LogP contribution >= 0.6 is 0 Å². The molecule has 0 heterocycles. The molecule has 2 nitrogen and oxygen atoms in total. The highest BCUT2D eigenvalue weighted by molar-refractivity contribution is 5.84. The molecule has 1 aliphatic rings. The van der Waals surface area contributed by atoms with E-state index in [-0.39, 0.29) is 11.7 Å². The third-order valence-electron chi connectivity index (χ3n) is 2.86. The number of aliphatic hydroxyl groups is 1. The number of hydrogen-bond acceptors (Lipinski definition) is 2. The monoisotopic (exact) mass is 190 g/mol. The first-order valence-corrected chi connectivity index (χ1v) is 5.02. The largest absolute Gasteiger partial charge is 0.392 e. The van der Waals surface area contributed by atoms with Crippen LogP contribution in [0.2, 0.25) is 0 Å². The van der Waals surface area contributed by atoms with E-state index in [0.29, 0.717) is 19.3 Å². The van der Waals surface area contributed by atoms with Crippen LogP contribution in [-0.2, 0) is 11.2 Å². The zero-order chi connectivity index (χ0) is 9.97. The second-order valence-electron chi connectivity index (χ2n) is 3.87. The lowest BCUT2D eigenvalue weighted by Crippen LogP contribution is -2.21. The van der Waals surface area contributed by atoms with Crippen LogP contribution in [0.15, 0.2) is 30.3 Å². The molecule has 0 aromatic heterocycles. The van der Waals surface area contributed by atoms with Gasteiger partial charge in [0.2, 0.25) is 0 Å². The summed E-state index contributed by atoms with van der Waals surface area (Å²) in [6.45, 7) is 0. The van der Waals surface area contributed by atoms with Gasteiger partial charge in [-0.3, -0.25) is 4.79 Å². The van der Waals surface area contributed by atoms with Crippen molar-refractivity contribution in [2.45, 2.75) is 25.4 Å². The molecule has 1 aromatic rings. The average molecular weight is 190 g/mol. The number of Topliss-reactive ketones (excluding diaryl/α,β-unsaturated/α-hetero) is 1. The number of carbonyl (C=O) groups is 1. The summed E-state index contributed by atoms with van der Waals surface area (Å²) in [7, 11) is 0. The lowest BCUT2D eigenvalue weighted by Gasteiger charge is -2.12. The van der Waals surface area contributed by atoms with Crippen molar-refractivity contribution >= 4 is 5.78 Å². The van der Waals surface area contributed by atoms with E-state index in [0.717, 1.165) is 5.56 Å². The van der Waals surface area contributed by atoms with Gasteiger partial charge in [0.1, 0.15) is 5.78 Å². The van der Waals surface area contributed by atoms with Crippen LogP contribution in [0.1, 0.15) is 18.4 Å². The van der Waals surface area contributed by atoms with Crippen LogP contribution in [0.25, 0.3) is 0 Å². The maximum atomic E-state index is 11.4. The summed E-state index contributed by atoms with van der Waals surface area (Å²) in [5.41, 5.74) is 1.13. The highest BCUT2D eigenvalue weighted by atomic mass is 16.3. The molecule has 1 saturated carbocycles. The minimum atomic E-state index is -0.428. The van der Waals surface area contributed by atoms with E-state index in [1.807, 2.05) is 30.3 Å². The molecule has 2 heteroatoms. The van der Waals surface area contributed by atoms with E-state index in [4.69, 9.17) is 0 Å². The standard InChI is InChI=1S/C12H14O2/c13-11-6-7-12(14)10(11)8-9-4-2-1-3-5-9/h1-5,10-11,13H,6-8H2. The first kappa shape index (κ1) is 9.41. The molecule has 0 amide bonds. The number of aliphatic hydroxyl groups excluding tert-OH is 1. The lowest BCUT2D eigenvalue weighted by atomic mass is 9.96. The van der Waals surface area contributed by atoms with Crippen molar-refractivity contribution in [3.8, 4) is 0 Å². The number of carbonyl (C=O) groups excluding carboxylic acids is 1. The minimum absolute atomic E-state index is 0.169. The Balaban J connectivity index is 2.07. The molecular weight excluding hydrogens is 176 g/mol. The van der Waals surface area contributed by atoms with Gasteiger partial charge in [-0.05, 0) is 18.4 Å². The summed E-state index contributed by atoms with van der Waals surface area (Å²) in [6.07, 6.45) is 1.43. The van der Waals surface area contributed by atoms with Gasteiger partial charge in [0, 0.05) is 12.3 Å². The van der Waals surface area contributed by atoms with Crippen LogP contribution in [0.3, 0.4) is 0 Å². The summed E-state index contributed by atoms with van der Waals surface area (Å²) in [5.74, 6) is 0.0405. The van der Waals surface area contributed by atoms with Gasteiger partial charge in [0.15, 0.2) is 0 Å². The van der Waals surface area contributed by atoms with Gasteiger partial charge in [-0.25, -0.2) is 0 Å². The molecule has 1 aromatic carbocycles. The second-order valence-corrected chi connectivity index (χ2v) is 3.87. The van der Waals surface area contributed by atoms with Crippen LogP contribution in [-0.4, -0.2) is 17.0 Å². The summed E-state index contributed by atoms with van der Waals surface area (Å²) in [5, 5.41) is 9.60. The summed E-state index contributed by atoms with van der Waals surface area (Å²) < 4.78 is 0. The maximum absolute atomic E-state index is 11.4. The molecule has 2 unspecified atom stereocenters. The minimum Gasteiger partial charge on any atom is -0.392 e. The Kier molecular flexibility index (Phi) is 2.64. The first-order valence-electron chi connectivity index (χ1n) is 5.02. The van der Waals surface area contributed by atoms with E-state index >= 15 is 0 Å². The normalized spacial score (nSPS) is 26.8. The molecule has 1 fully saturated rings. The predicted molar refractivity (Wildman–Crippen MR) is 53.9 cm³/mol. The molecule has 0 saturated heterocycles. The lowest BCUT2D eigenvalue weighted by molar-refractivity contribution is -0.121. The van der Waals surface area contributed by atoms with E-state index in [1.54, 1.807) is 0 Å². The van der Waals surface area contributed by atoms with Gasteiger partial charge in [-0.1, -0.05) is 30.3 Å². The van der Waals surface area contributed by atoms with Crippen molar-refractivity contribution in [2.24, 2.45) is 5.92 Å². The Morgan fingerprint density at radius 3 is 2.57 bits per heavy atom. The van der Waals surface area contributed by atoms with Gasteiger partial charge in [0.05, 0.1) is 6.10 Å². The fourth-order valence-electron chi connectivity index (χ4n) is 2.01. The molecular formula is C12H14O2. The summed E-state index contributed by atoms with van der Waals surface area (Å²) >= 11 is 0. The van der Waals surface area contributed by atoms with Crippen molar-refractivity contribution < 1.29 is 9.90 Å². The Bertz CT molecular complexity index is 318. The Morgan fingerprint density at radius 2 is 2.00 bits per heavy atom. The van der Waals surface area contributed by atoms with Gasteiger partial charge in [0.25, 0.3) is 0 Å². The van der Waals surface area contributed by atoms with Crippen molar-refractivity contribution in [2.75, 3.05) is 0 Å². The van der Waals surface area contributed by atoms with E-state index in [1.165, 1.54) is 0 Å². The number of hydrogen-bond donors (Lipinski definition) is 1. The van der Waals surface area contributed by atoms with Gasteiger partial charge in [-0.2, -0.15) is 0 Å². The summed E-state index contributed by atoms with van der Waals surface area (Å²) in [6, 6.07) is 9.87. The predicted octanol–water partition coefficient (Wildman–Crippen LogP) is 1.57. The topological polar surface area (TPSA) is 37.3 Å². The van der Waals surface area contributed by atoms with Crippen LogP contribution < -0.4 is 0 Å². The van der Waals surface area contributed by atoms with Gasteiger partial charge >= 0.3 is 0 Å². The van der Waals surface area contributed by atoms with Crippen molar-refractivity contribution in [3.63, 3.8) is 0 Å². The van der Waals surface area contributed by atoms with Crippen molar-refractivity contribution in [3.05, 3.63) is 35.9 Å². The average Bonchev–Trinajstić information content (AvgIpc) is 2.51. The Hall–Kier alpha value is -1.15. The van der Waals surface area contributed by atoms with E-state index in [2.05, 4.69) is 0 Å². The van der Waals surface area contributed by atoms with E-state index < -0.39 is 6.10 Å². The van der Waals surface area contributed by atoms with Crippen LogP contribution in [0.5, 0.6) is 0 Å². The molecule has 0 spiro atoms.